The summed E-state index contributed by atoms with van der Waals surface area (Å²) in [6, 6.07) is 11.6. The average molecular weight is 262 g/mol. The third-order valence-corrected chi connectivity index (χ3v) is 2.35. The van der Waals surface area contributed by atoms with Gasteiger partial charge >= 0.3 is 0 Å². The van der Waals surface area contributed by atoms with Gasteiger partial charge in [0.05, 0.1) is 5.69 Å². The Morgan fingerprint density at radius 3 is 1.53 bits per heavy atom. The quantitative estimate of drug-likeness (QED) is 0.816. The molecule has 0 saturated heterocycles. The summed E-state index contributed by atoms with van der Waals surface area (Å²) in [4.78, 5) is 0. The van der Waals surface area contributed by atoms with E-state index in [9.17, 15) is 10.4 Å². The Morgan fingerprint density at radius 1 is 0.737 bits per heavy atom. The van der Waals surface area contributed by atoms with Crippen LogP contribution in [0.25, 0.3) is 0 Å². The molecule has 0 amide bonds. The Kier molecular flexibility index (Phi) is 3.83. The molecule has 100 valence electrons. The second kappa shape index (κ2) is 5.55. The molecule has 2 N–H and O–H groups in total. The molecule has 0 unspecified atom stereocenters. The second-order valence-corrected chi connectivity index (χ2v) is 3.64. The van der Waals surface area contributed by atoms with Crippen molar-refractivity contribution in [1.29, 1.82) is 0 Å². The summed E-state index contributed by atoms with van der Waals surface area (Å²) < 4.78 is 5.44. The molecule has 7 heteroatoms. The molecule has 7 nitrogen and oxygen atoms in total. The van der Waals surface area contributed by atoms with Crippen molar-refractivity contribution in [2.45, 2.75) is 0 Å². The smallest absolute Gasteiger partial charge is 0.127 e. The standard InChI is InChI=1S/C12H10N2O5/c15-13(16)9-1-5-11(6-2-9)19-12-7-3-10(4-8-12)14(17)18/h1-8,15-16H/q-2. The Labute approximate surface area is 108 Å². The maximum atomic E-state index is 10.5. The zero-order valence-electron chi connectivity index (χ0n) is 9.63. The molecule has 0 fully saturated rings. The van der Waals surface area contributed by atoms with Crippen LogP contribution >= 0.6 is 0 Å². The molecule has 0 spiro atoms. The minimum absolute atomic E-state index is 0.00431. The number of ether oxygens (including phenoxy) is 1. The lowest BCUT2D eigenvalue weighted by atomic mass is 10.3. The van der Waals surface area contributed by atoms with E-state index in [2.05, 4.69) is 0 Å². The van der Waals surface area contributed by atoms with E-state index in [1.165, 1.54) is 48.5 Å². The van der Waals surface area contributed by atoms with Gasteiger partial charge in [-0.3, -0.25) is 10.4 Å². The molecule has 0 aliphatic heterocycles. The minimum Gasteiger partial charge on any atom is -0.769 e. The van der Waals surface area contributed by atoms with E-state index in [0.29, 0.717) is 11.5 Å². The van der Waals surface area contributed by atoms with Crippen molar-refractivity contribution in [2.24, 2.45) is 0 Å². The second-order valence-electron chi connectivity index (χ2n) is 3.64. The lowest BCUT2D eigenvalue weighted by Crippen LogP contribution is -2.10. The van der Waals surface area contributed by atoms with E-state index in [0.717, 1.165) is 0 Å². The number of hydrogen-bond acceptors (Lipinski definition) is 7. The van der Waals surface area contributed by atoms with Crippen LogP contribution < -0.4 is 15.2 Å². The van der Waals surface area contributed by atoms with E-state index < -0.39 is 5.23 Å². The Bertz CT molecular complexity index is 475. The van der Waals surface area contributed by atoms with Gasteiger partial charge in [-0.25, -0.2) is 0 Å². The summed E-state index contributed by atoms with van der Waals surface area (Å²) in [6.07, 6.45) is 0. The van der Waals surface area contributed by atoms with Gasteiger partial charge in [0.15, 0.2) is 0 Å². The molecular weight excluding hydrogens is 252 g/mol. The molecule has 2 aromatic carbocycles. The number of rotatable bonds is 4. The third kappa shape index (κ3) is 3.33. The van der Waals surface area contributed by atoms with E-state index >= 15 is 0 Å². The van der Waals surface area contributed by atoms with Gasteiger partial charge in [-0.05, 0) is 48.5 Å². The van der Waals surface area contributed by atoms with Crippen LogP contribution in [-0.2, 0) is 0 Å². The summed E-state index contributed by atoms with van der Waals surface area (Å²) >= 11 is 0. The summed E-state index contributed by atoms with van der Waals surface area (Å²) in [5.41, 5.74) is 0.176. The van der Waals surface area contributed by atoms with Gasteiger partial charge in [0.1, 0.15) is 11.5 Å². The van der Waals surface area contributed by atoms with Crippen LogP contribution in [0.3, 0.4) is 0 Å². The number of benzene rings is 2. The van der Waals surface area contributed by atoms with Gasteiger partial charge in [0, 0.05) is 5.69 Å². The molecule has 0 bridgehead atoms. The maximum absolute atomic E-state index is 10.5. The number of anilines is 2. The Morgan fingerprint density at radius 2 is 1.16 bits per heavy atom. The first kappa shape index (κ1) is 13.1. The van der Waals surface area contributed by atoms with Gasteiger partial charge in [-0.1, -0.05) is 0 Å². The summed E-state index contributed by atoms with van der Waals surface area (Å²) in [6.45, 7) is 0. The molecule has 0 saturated carbocycles. The van der Waals surface area contributed by atoms with Crippen LogP contribution in [0.15, 0.2) is 48.5 Å². The van der Waals surface area contributed by atoms with E-state index in [4.69, 9.17) is 15.2 Å². The highest BCUT2D eigenvalue weighted by atomic mass is 16.8. The van der Waals surface area contributed by atoms with Gasteiger partial charge in [-0.2, -0.15) is 0 Å². The monoisotopic (exact) mass is 262 g/mol. The summed E-state index contributed by atoms with van der Waals surface area (Å²) in [5.74, 6) is 0.919. The number of nitrogens with zero attached hydrogens (tertiary/aromatic N) is 2. The van der Waals surface area contributed by atoms with Crippen molar-refractivity contribution in [3.05, 3.63) is 58.9 Å². The zero-order chi connectivity index (χ0) is 13.8. The predicted octanol–water partition coefficient (Wildman–Crippen LogP) is 2.87. The highest BCUT2D eigenvalue weighted by Gasteiger charge is 2.01. The van der Waals surface area contributed by atoms with Crippen LogP contribution in [-0.4, -0.2) is 10.4 Å². The molecular formula is C12H10N2O5-2. The van der Waals surface area contributed by atoms with Gasteiger partial charge in [0.25, 0.3) is 0 Å². The summed E-state index contributed by atoms with van der Waals surface area (Å²) in [7, 11) is 0. The minimum atomic E-state index is -0.490. The summed E-state index contributed by atoms with van der Waals surface area (Å²) in [5, 5.41) is 38.0. The van der Waals surface area contributed by atoms with Crippen LogP contribution in [0, 0.1) is 10.4 Å². The Hall–Kier alpha value is -2.32. The van der Waals surface area contributed by atoms with E-state index in [-0.39, 0.29) is 16.6 Å². The van der Waals surface area contributed by atoms with Crippen molar-refractivity contribution in [3.63, 3.8) is 0 Å². The fraction of sp³-hybridized carbons (Fsp3) is 0. The largest absolute Gasteiger partial charge is 0.769 e. The fourth-order valence-corrected chi connectivity index (χ4v) is 1.42. The molecule has 2 rings (SSSR count). The molecule has 2 aromatic rings. The molecule has 0 aliphatic carbocycles. The van der Waals surface area contributed by atoms with Crippen LogP contribution in [0.4, 0.5) is 11.4 Å². The first-order valence-electron chi connectivity index (χ1n) is 5.26. The molecule has 0 aliphatic rings. The SMILES string of the molecule is [O-]N([O-])c1ccc(Oc2ccc(N(O)O)cc2)cc1. The van der Waals surface area contributed by atoms with Gasteiger partial charge in [0.2, 0.25) is 0 Å². The zero-order valence-corrected chi connectivity index (χ0v) is 9.63. The lowest BCUT2D eigenvalue weighted by Gasteiger charge is -2.37. The molecule has 0 radical (unpaired) electrons. The fourth-order valence-electron chi connectivity index (χ4n) is 1.42. The third-order valence-electron chi connectivity index (χ3n) is 2.35. The first-order chi connectivity index (χ1) is 9.06. The highest BCUT2D eigenvalue weighted by Crippen LogP contribution is 2.25. The van der Waals surface area contributed by atoms with Gasteiger partial charge < -0.3 is 20.4 Å². The lowest BCUT2D eigenvalue weighted by molar-refractivity contribution is 0.0291. The van der Waals surface area contributed by atoms with Crippen LogP contribution in [0.5, 0.6) is 11.5 Å². The first-order valence-corrected chi connectivity index (χ1v) is 5.26. The normalized spacial score (nSPS) is 10.1. The van der Waals surface area contributed by atoms with Crippen LogP contribution in [0.2, 0.25) is 0 Å². The molecule has 0 heterocycles. The van der Waals surface area contributed by atoms with Crippen molar-refractivity contribution in [2.75, 3.05) is 10.5 Å². The van der Waals surface area contributed by atoms with Crippen molar-refractivity contribution >= 4 is 11.4 Å². The number of hydrogen-bond donors (Lipinski definition) is 2. The van der Waals surface area contributed by atoms with Crippen molar-refractivity contribution < 1.29 is 15.2 Å². The van der Waals surface area contributed by atoms with Crippen LogP contribution in [0.1, 0.15) is 0 Å². The average Bonchev–Trinajstić information content (AvgIpc) is 2.40. The Balaban J connectivity index is 2.08. The van der Waals surface area contributed by atoms with Gasteiger partial charge in [-0.15, -0.1) is 5.23 Å². The highest BCUT2D eigenvalue weighted by molar-refractivity contribution is 5.51. The van der Waals surface area contributed by atoms with E-state index in [1.807, 2.05) is 0 Å². The molecule has 19 heavy (non-hydrogen) atoms. The van der Waals surface area contributed by atoms with Crippen molar-refractivity contribution in [1.82, 2.24) is 0 Å². The molecule has 0 aromatic heterocycles. The maximum Gasteiger partial charge on any atom is 0.127 e. The topological polar surface area (TPSA) is 102 Å². The molecule has 0 atom stereocenters. The van der Waals surface area contributed by atoms with Crippen molar-refractivity contribution in [3.8, 4) is 11.5 Å². The predicted molar refractivity (Wildman–Crippen MR) is 68.2 cm³/mol. The van der Waals surface area contributed by atoms with E-state index in [1.54, 1.807) is 0 Å².